The van der Waals surface area contributed by atoms with Crippen LogP contribution < -0.4 is 5.73 Å². The number of aromatic nitrogens is 1. The molecule has 0 aliphatic rings. The van der Waals surface area contributed by atoms with Crippen LogP contribution in [0.1, 0.15) is 23.4 Å². The molecule has 0 aliphatic heterocycles. The number of nitrogens with zero attached hydrogens (tertiary/aromatic N) is 2. The summed E-state index contributed by atoms with van der Waals surface area (Å²) in [5, 5.41) is 2.10. The molecule has 2 unspecified atom stereocenters. The van der Waals surface area contributed by atoms with Crippen molar-refractivity contribution < 1.29 is 0 Å². The highest BCUT2D eigenvalue weighted by Gasteiger charge is 2.22. The third kappa shape index (κ3) is 3.86. The molecular weight excluding hydrogens is 322 g/mol. The molecule has 0 aliphatic carbocycles. The number of thiophene rings is 1. The molecule has 0 fully saturated rings. The molecular formula is C14H18BrN3S. The van der Waals surface area contributed by atoms with Crippen LogP contribution in [0.5, 0.6) is 0 Å². The maximum absolute atomic E-state index is 6.17. The number of halogens is 1. The third-order valence-corrected chi connectivity index (χ3v) is 4.77. The summed E-state index contributed by atoms with van der Waals surface area (Å²) < 4.78 is 1.12. The second kappa shape index (κ2) is 6.61. The van der Waals surface area contributed by atoms with E-state index in [2.05, 4.69) is 57.3 Å². The van der Waals surface area contributed by atoms with E-state index in [9.17, 15) is 0 Å². The summed E-state index contributed by atoms with van der Waals surface area (Å²) in [7, 11) is 2.11. The van der Waals surface area contributed by atoms with Gasteiger partial charge in [-0.15, -0.1) is 11.3 Å². The van der Waals surface area contributed by atoms with Crippen molar-refractivity contribution in [3.63, 3.8) is 0 Å². The van der Waals surface area contributed by atoms with Gasteiger partial charge in [0.25, 0.3) is 0 Å². The lowest BCUT2D eigenvalue weighted by Crippen LogP contribution is -2.36. The summed E-state index contributed by atoms with van der Waals surface area (Å²) >= 11 is 5.25. The van der Waals surface area contributed by atoms with Crippen LogP contribution in [-0.2, 0) is 6.54 Å². The van der Waals surface area contributed by atoms with E-state index < -0.39 is 0 Å². The summed E-state index contributed by atoms with van der Waals surface area (Å²) in [4.78, 5) is 7.72. The first kappa shape index (κ1) is 14.7. The van der Waals surface area contributed by atoms with Crippen LogP contribution in [0.4, 0.5) is 0 Å². The number of pyridine rings is 1. The van der Waals surface area contributed by atoms with Crippen LogP contribution in [-0.4, -0.2) is 23.0 Å². The number of hydrogen-bond donors (Lipinski definition) is 1. The molecule has 0 radical (unpaired) electrons. The Kier molecular flexibility index (Phi) is 5.10. The van der Waals surface area contributed by atoms with Crippen molar-refractivity contribution in [2.75, 3.05) is 7.05 Å². The molecule has 0 saturated heterocycles. The molecule has 0 aromatic carbocycles. The predicted molar refractivity (Wildman–Crippen MR) is 84.1 cm³/mol. The van der Waals surface area contributed by atoms with Crippen LogP contribution in [0.2, 0.25) is 0 Å². The number of rotatable bonds is 5. The van der Waals surface area contributed by atoms with Gasteiger partial charge in [-0.05, 0) is 47.6 Å². The Hall–Kier alpha value is -0.750. The van der Waals surface area contributed by atoms with Gasteiger partial charge in [-0.3, -0.25) is 9.88 Å². The van der Waals surface area contributed by atoms with Crippen LogP contribution >= 0.6 is 27.3 Å². The van der Waals surface area contributed by atoms with Crippen molar-refractivity contribution in [1.29, 1.82) is 0 Å². The lowest BCUT2D eigenvalue weighted by Gasteiger charge is -2.30. The highest BCUT2D eigenvalue weighted by atomic mass is 79.9. The Bertz CT molecular complexity index is 512. The van der Waals surface area contributed by atoms with Crippen molar-refractivity contribution in [3.05, 3.63) is 50.9 Å². The minimum atomic E-state index is 0.0761. The summed E-state index contributed by atoms with van der Waals surface area (Å²) in [5.74, 6) is 0. The monoisotopic (exact) mass is 339 g/mol. The normalized spacial score (nSPS) is 14.6. The quantitative estimate of drug-likeness (QED) is 0.907. The molecule has 2 aromatic heterocycles. The van der Waals surface area contributed by atoms with Crippen molar-refractivity contribution in [3.8, 4) is 0 Å². The maximum atomic E-state index is 6.17. The smallest absolute Gasteiger partial charge is 0.0591 e. The number of likely N-dealkylation sites (N-methyl/N-ethyl adjacent to an activating group) is 1. The van der Waals surface area contributed by atoms with Gasteiger partial charge in [0.15, 0.2) is 0 Å². The first-order chi connectivity index (χ1) is 9.08. The first-order valence-corrected chi connectivity index (χ1v) is 7.84. The fraction of sp³-hybridized carbons (Fsp3) is 0.357. The average molecular weight is 340 g/mol. The van der Waals surface area contributed by atoms with Gasteiger partial charge in [-0.2, -0.15) is 0 Å². The Morgan fingerprint density at radius 1 is 1.53 bits per heavy atom. The van der Waals surface area contributed by atoms with E-state index in [4.69, 9.17) is 5.73 Å². The first-order valence-electron chi connectivity index (χ1n) is 6.16. The van der Waals surface area contributed by atoms with E-state index >= 15 is 0 Å². The largest absolute Gasteiger partial charge is 0.326 e. The van der Waals surface area contributed by atoms with Gasteiger partial charge in [0.05, 0.1) is 6.04 Å². The van der Waals surface area contributed by atoms with Crippen LogP contribution in [0, 0.1) is 0 Å². The van der Waals surface area contributed by atoms with Crippen molar-refractivity contribution in [2.24, 2.45) is 5.73 Å². The van der Waals surface area contributed by atoms with E-state index in [1.54, 1.807) is 17.5 Å². The molecule has 0 saturated carbocycles. The zero-order valence-electron chi connectivity index (χ0n) is 11.1. The summed E-state index contributed by atoms with van der Waals surface area (Å²) in [6, 6.07) is 6.50. The Labute approximate surface area is 126 Å². The standard InChI is InChI=1S/C14H18BrN3S/c1-10(16)14(13-6-12(15)9-19-13)18(2)8-11-4-3-5-17-7-11/h3-7,9-10,14H,8,16H2,1-2H3. The fourth-order valence-corrected chi connectivity index (χ4v) is 3.96. The Morgan fingerprint density at radius 3 is 2.84 bits per heavy atom. The zero-order chi connectivity index (χ0) is 13.8. The van der Waals surface area contributed by atoms with Crippen molar-refractivity contribution in [2.45, 2.75) is 25.6 Å². The lowest BCUT2D eigenvalue weighted by molar-refractivity contribution is 0.214. The van der Waals surface area contributed by atoms with Gasteiger partial charge >= 0.3 is 0 Å². The molecule has 19 heavy (non-hydrogen) atoms. The molecule has 3 nitrogen and oxygen atoms in total. The van der Waals surface area contributed by atoms with Gasteiger partial charge in [-0.25, -0.2) is 0 Å². The second-order valence-electron chi connectivity index (χ2n) is 4.75. The van der Waals surface area contributed by atoms with Crippen LogP contribution in [0.3, 0.4) is 0 Å². The molecule has 0 amide bonds. The average Bonchev–Trinajstić information content (AvgIpc) is 2.76. The maximum Gasteiger partial charge on any atom is 0.0591 e. The molecule has 5 heteroatoms. The van der Waals surface area contributed by atoms with E-state index in [1.807, 2.05) is 12.3 Å². The molecule has 102 valence electrons. The number of hydrogen-bond acceptors (Lipinski definition) is 4. The number of nitrogens with two attached hydrogens (primary N) is 1. The highest BCUT2D eigenvalue weighted by molar-refractivity contribution is 9.10. The molecule has 2 heterocycles. The highest BCUT2D eigenvalue weighted by Crippen LogP contribution is 2.31. The van der Waals surface area contributed by atoms with Crippen LogP contribution in [0.15, 0.2) is 40.4 Å². The van der Waals surface area contributed by atoms with E-state index in [1.165, 1.54) is 10.4 Å². The summed E-state index contributed by atoms with van der Waals surface area (Å²) in [6.07, 6.45) is 3.70. The molecule has 2 rings (SSSR count). The fourth-order valence-electron chi connectivity index (χ4n) is 2.24. The minimum Gasteiger partial charge on any atom is -0.326 e. The van der Waals surface area contributed by atoms with E-state index in [0.29, 0.717) is 0 Å². The molecule has 2 aromatic rings. The zero-order valence-corrected chi connectivity index (χ0v) is 13.5. The summed E-state index contributed by atoms with van der Waals surface area (Å²) in [6.45, 7) is 2.90. The lowest BCUT2D eigenvalue weighted by atomic mass is 10.1. The predicted octanol–water partition coefficient (Wildman–Crippen LogP) is 3.43. The SMILES string of the molecule is CC(N)C(c1cc(Br)cs1)N(C)Cc1cccnc1. The van der Waals surface area contributed by atoms with Gasteiger partial charge in [0.1, 0.15) is 0 Å². The third-order valence-electron chi connectivity index (χ3n) is 3.01. The van der Waals surface area contributed by atoms with Crippen molar-refractivity contribution >= 4 is 27.3 Å². The van der Waals surface area contributed by atoms with E-state index in [-0.39, 0.29) is 12.1 Å². The molecule has 2 N–H and O–H groups in total. The Balaban J connectivity index is 2.15. The second-order valence-corrected chi connectivity index (χ2v) is 6.61. The molecule has 0 bridgehead atoms. The summed E-state index contributed by atoms with van der Waals surface area (Å²) in [5.41, 5.74) is 7.37. The molecule has 0 spiro atoms. The van der Waals surface area contributed by atoms with Gasteiger partial charge in [0, 0.05) is 39.7 Å². The van der Waals surface area contributed by atoms with Crippen molar-refractivity contribution in [1.82, 2.24) is 9.88 Å². The Morgan fingerprint density at radius 2 is 2.32 bits per heavy atom. The minimum absolute atomic E-state index is 0.0761. The van der Waals surface area contributed by atoms with E-state index in [0.717, 1.165) is 11.0 Å². The van der Waals surface area contributed by atoms with Gasteiger partial charge < -0.3 is 5.73 Å². The van der Waals surface area contributed by atoms with Gasteiger partial charge in [0.2, 0.25) is 0 Å². The van der Waals surface area contributed by atoms with Gasteiger partial charge in [-0.1, -0.05) is 6.07 Å². The topological polar surface area (TPSA) is 42.1 Å². The molecule has 2 atom stereocenters. The van der Waals surface area contributed by atoms with Crippen LogP contribution in [0.25, 0.3) is 0 Å².